The maximum atomic E-state index is 14.1. The van der Waals surface area contributed by atoms with E-state index in [0.717, 1.165) is 36.6 Å². The molecule has 1 atom stereocenters. The molecule has 3 fully saturated rings. The number of hydrogen-bond acceptors (Lipinski definition) is 10. The molecule has 0 bridgehead atoms. The van der Waals surface area contributed by atoms with Crippen LogP contribution in [0, 0.1) is 0 Å². The van der Waals surface area contributed by atoms with Crippen molar-refractivity contribution in [3.8, 4) is 11.4 Å². The van der Waals surface area contributed by atoms with Crippen LogP contribution in [0.1, 0.15) is 59.6 Å². The SMILES string of the molecule is Nc1c(Cl)cc(C[C@@H](OC(=O)N2CCC(n3nc(-c4ccccc4)[nH]c3=O)CC2)C(=O)N2CCN(c3ccc(C(=O)OCC(=O)N4CCCCC4)cc3)CC2)cc1C(F)(F)F. The van der Waals surface area contributed by atoms with Gasteiger partial charge in [0.1, 0.15) is 0 Å². The highest BCUT2D eigenvalue weighted by Crippen LogP contribution is 2.38. The van der Waals surface area contributed by atoms with Crippen molar-refractivity contribution in [1.29, 1.82) is 0 Å². The van der Waals surface area contributed by atoms with Crippen molar-refractivity contribution in [2.45, 2.75) is 56.8 Å². The van der Waals surface area contributed by atoms with Crippen LogP contribution in [0.2, 0.25) is 5.02 Å². The van der Waals surface area contributed by atoms with Gasteiger partial charge in [0.05, 0.1) is 27.9 Å². The van der Waals surface area contributed by atoms with Gasteiger partial charge >= 0.3 is 23.9 Å². The molecule has 61 heavy (non-hydrogen) atoms. The van der Waals surface area contributed by atoms with Crippen LogP contribution in [-0.2, 0) is 31.7 Å². The van der Waals surface area contributed by atoms with Crippen molar-refractivity contribution < 1.29 is 41.8 Å². The van der Waals surface area contributed by atoms with E-state index in [2.05, 4.69) is 10.1 Å². The molecule has 0 radical (unpaired) electrons. The van der Waals surface area contributed by atoms with Gasteiger partial charge in [-0.1, -0.05) is 41.9 Å². The van der Waals surface area contributed by atoms with Gasteiger partial charge in [0.25, 0.3) is 11.8 Å². The van der Waals surface area contributed by atoms with E-state index >= 15 is 0 Å². The van der Waals surface area contributed by atoms with Crippen LogP contribution in [-0.4, -0.2) is 118 Å². The van der Waals surface area contributed by atoms with Crippen molar-refractivity contribution in [2.24, 2.45) is 0 Å². The van der Waals surface area contributed by atoms with Crippen LogP contribution in [0.15, 0.2) is 71.5 Å². The van der Waals surface area contributed by atoms with Crippen LogP contribution in [0.3, 0.4) is 0 Å². The molecule has 7 rings (SSSR count). The highest BCUT2D eigenvalue weighted by Gasteiger charge is 2.37. The molecule has 3 aliphatic heterocycles. The Morgan fingerprint density at radius 1 is 0.852 bits per heavy atom. The maximum Gasteiger partial charge on any atom is 0.418 e. The molecular weight excluding hydrogens is 821 g/mol. The Morgan fingerprint density at radius 2 is 1.52 bits per heavy atom. The van der Waals surface area contributed by atoms with Crippen molar-refractivity contribution >= 4 is 46.9 Å². The predicted octanol–water partition coefficient (Wildman–Crippen LogP) is 5.40. The Labute approximate surface area is 354 Å². The molecule has 3 saturated heterocycles. The Balaban J connectivity index is 0.986. The fraction of sp³-hybridized carbons (Fsp3) is 0.429. The summed E-state index contributed by atoms with van der Waals surface area (Å²) in [5.74, 6) is -1.02. The van der Waals surface area contributed by atoms with Crippen LogP contribution >= 0.6 is 11.6 Å². The number of H-pyrrole nitrogens is 1. The third kappa shape index (κ3) is 10.3. The first-order valence-electron chi connectivity index (χ1n) is 20.2. The minimum atomic E-state index is -4.83. The van der Waals surface area contributed by atoms with Gasteiger partial charge < -0.3 is 34.8 Å². The van der Waals surface area contributed by atoms with Gasteiger partial charge in [-0.2, -0.15) is 13.2 Å². The number of aromatic nitrogens is 3. The number of amides is 3. The number of nitrogens with zero attached hydrogens (tertiary/aromatic N) is 6. The quantitative estimate of drug-likeness (QED) is 0.155. The standard InChI is InChI=1S/C42H46ClF3N8O7/c43-33-24-27(23-32(36(33)47)42(44,45)46)25-34(61-41(59)53-17-13-31(14-18-53)54-40(58)48-37(49-54)28-7-3-1-4-8-28)38(56)52-21-19-50(20-22-52)30-11-9-29(10-12-30)39(57)60-26-35(55)51-15-5-2-6-16-51/h1,3-4,7-12,23-24,31,34H,2,5-6,13-22,25-26,47H2,(H,48,49,58)/t34-/m1/s1. The van der Waals surface area contributed by atoms with E-state index in [4.69, 9.17) is 26.8 Å². The van der Waals surface area contributed by atoms with E-state index in [0.29, 0.717) is 44.8 Å². The fourth-order valence-electron chi connectivity index (χ4n) is 7.86. The predicted molar refractivity (Wildman–Crippen MR) is 219 cm³/mol. The number of rotatable bonds is 10. The van der Waals surface area contributed by atoms with E-state index in [1.807, 2.05) is 35.2 Å². The van der Waals surface area contributed by atoms with Gasteiger partial charge in [0, 0.05) is 70.0 Å². The average Bonchev–Trinajstić information content (AvgIpc) is 3.67. The number of anilines is 2. The molecule has 3 amide bonds. The van der Waals surface area contributed by atoms with E-state index in [1.165, 1.54) is 20.5 Å². The number of nitrogen functional groups attached to an aromatic ring is 1. The summed E-state index contributed by atoms with van der Waals surface area (Å²) in [5, 5.41) is 4.12. The van der Waals surface area contributed by atoms with E-state index in [1.54, 1.807) is 29.2 Å². The molecule has 3 aliphatic rings. The van der Waals surface area contributed by atoms with Gasteiger partial charge in [-0.25, -0.2) is 19.1 Å². The third-order valence-corrected chi connectivity index (χ3v) is 11.6. The van der Waals surface area contributed by atoms with Crippen LogP contribution in [0.5, 0.6) is 0 Å². The van der Waals surface area contributed by atoms with Gasteiger partial charge in [-0.3, -0.25) is 14.6 Å². The lowest BCUT2D eigenvalue weighted by Crippen LogP contribution is -2.53. The lowest BCUT2D eigenvalue weighted by atomic mass is 10.0. The second kappa shape index (κ2) is 18.7. The summed E-state index contributed by atoms with van der Waals surface area (Å²) >= 11 is 6.12. The number of nitrogens with two attached hydrogens (primary N) is 1. The zero-order valence-corrected chi connectivity index (χ0v) is 34.0. The molecule has 0 unspecified atom stereocenters. The molecule has 1 aromatic heterocycles. The number of piperidine rings is 2. The lowest BCUT2D eigenvalue weighted by molar-refractivity contribution is -0.141. The monoisotopic (exact) mass is 866 g/mol. The number of halogens is 4. The fourth-order valence-corrected chi connectivity index (χ4v) is 8.10. The minimum absolute atomic E-state index is 0.00313. The molecule has 3 N–H and O–H groups in total. The number of ether oxygens (including phenoxy) is 2. The average molecular weight is 867 g/mol. The van der Waals surface area contributed by atoms with Crippen molar-refractivity contribution in [3.05, 3.63) is 98.9 Å². The summed E-state index contributed by atoms with van der Waals surface area (Å²) in [6, 6.07) is 17.5. The summed E-state index contributed by atoms with van der Waals surface area (Å²) in [6.45, 7) is 2.43. The van der Waals surface area contributed by atoms with E-state index < -0.39 is 47.9 Å². The Bertz CT molecular complexity index is 2270. The first-order valence-corrected chi connectivity index (χ1v) is 20.6. The van der Waals surface area contributed by atoms with Crippen LogP contribution in [0.4, 0.5) is 29.3 Å². The number of aromatic amines is 1. The number of alkyl halides is 3. The minimum Gasteiger partial charge on any atom is -0.452 e. The molecule has 0 aliphatic carbocycles. The number of benzene rings is 3. The Morgan fingerprint density at radius 3 is 2.18 bits per heavy atom. The van der Waals surface area contributed by atoms with Crippen LogP contribution < -0.4 is 16.3 Å². The molecular formula is C42H46ClF3N8O7. The Hall–Kier alpha value is -6.04. The number of nitrogens with one attached hydrogen (secondary N) is 1. The summed E-state index contributed by atoms with van der Waals surface area (Å²) in [4.78, 5) is 75.0. The maximum absolute atomic E-state index is 14.1. The zero-order chi connectivity index (χ0) is 43.3. The number of carbonyl (C=O) groups is 4. The van der Waals surface area contributed by atoms with Gasteiger partial charge in [0.2, 0.25) is 0 Å². The molecule has 4 heterocycles. The molecule has 3 aromatic carbocycles. The normalized spacial score (nSPS) is 16.9. The van der Waals surface area contributed by atoms with E-state index in [9.17, 15) is 37.1 Å². The molecule has 15 nitrogen and oxygen atoms in total. The number of esters is 1. The lowest BCUT2D eigenvalue weighted by Gasteiger charge is -2.38. The number of carbonyl (C=O) groups excluding carboxylic acids is 4. The molecule has 0 saturated carbocycles. The van der Waals surface area contributed by atoms with Gasteiger partial charge in [0.15, 0.2) is 18.5 Å². The van der Waals surface area contributed by atoms with E-state index in [-0.39, 0.29) is 66.6 Å². The molecule has 324 valence electrons. The van der Waals surface area contributed by atoms with Crippen molar-refractivity contribution in [2.75, 3.05) is 69.6 Å². The summed E-state index contributed by atoms with van der Waals surface area (Å²) in [6.07, 6.45) is -3.93. The second-order valence-corrected chi connectivity index (χ2v) is 15.7. The first kappa shape index (κ1) is 43.1. The summed E-state index contributed by atoms with van der Waals surface area (Å²) < 4.78 is 54.2. The topological polar surface area (TPSA) is 176 Å². The number of hydrogen-bond donors (Lipinski definition) is 2. The van der Waals surface area contributed by atoms with Crippen LogP contribution in [0.25, 0.3) is 11.4 Å². The Kier molecular flexibility index (Phi) is 13.2. The second-order valence-electron chi connectivity index (χ2n) is 15.3. The summed E-state index contributed by atoms with van der Waals surface area (Å²) in [5.41, 5.74) is 5.24. The molecule has 4 aromatic rings. The van der Waals surface area contributed by atoms with Crippen molar-refractivity contribution in [3.63, 3.8) is 0 Å². The van der Waals surface area contributed by atoms with Gasteiger partial charge in [-0.15, -0.1) is 5.10 Å². The third-order valence-electron chi connectivity index (χ3n) is 11.3. The molecule has 0 spiro atoms. The molecule has 19 heteroatoms. The highest BCUT2D eigenvalue weighted by atomic mass is 35.5. The van der Waals surface area contributed by atoms with Gasteiger partial charge in [-0.05, 0) is 74.1 Å². The highest BCUT2D eigenvalue weighted by molar-refractivity contribution is 6.33. The summed E-state index contributed by atoms with van der Waals surface area (Å²) in [7, 11) is 0. The zero-order valence-electron chi connectivity index (χ0n) is 33.2. The smallest absolute Gasteiger partial charge is 0.418 e. The number of piperazine rings is 1. The largest absolute Gasteiger partial charge is 0.452 e. The van der Waals surface area contributed by atoms with Crippen molar-refractivity contribution in [1.82, 2.24) is 29.5 Å². The number of likely N-dealkylation sites (tertiary alicyclic amines) is 2. The first-order chi connectivity index (χ1) is 29.2.